The highest BCUT2D eigenvalue weighted by Crippen LogP contribution is 2.08. The lowest BCUT2D eigenvalue weighted by Gasteiger charge is -2.13. The Labute approximate surface area is 93.1 Å². The lowest BCUT2D eigenvalue weighted by Crippen LogP contribution is -2.23. The molecule has 1 atom stereocenters. The van der Waals surface area contributed by atoms with Crippen molar-refractivity contribution in [2.45, 2.75) is 26.8 Å². The van der Waals surface area contributed by atoms with E-state index in [1.54, 1.807) is 10.6 Å². The number of nitrogens with zero attached hydrogens (tertiary/aromatic N) is 1. The van der Waals surface area contributed by atoms with E-state index in [2.05, 4.69) is 22.9 Å². The van der Waals surface area contributed by atoms with E-state index in [0.29, 0.717) is 5.92 Å². The Bertz CT molecular complexity index is 341. The molecule has 0 spiro atoms. The highest BCUT2D eigenvalue weighted by Gasteiger charge is 2.05. The van der Waals surface area contributed by atoms with Crippen LogP contribution in [-0.2, 0) is 6.54 Å². The number of hydrogen-bond acceptors (Lipinski definition) is 1. The number of aryl methyl sites for hydroxylation is 1. The van der Waals surface area contributed by atoms with Crippen molar-refractivity contribution in [3.63, 3.8) is 0 Å². The molecule has 0 saturated carbocycles. The number of pyridine rings is 1. The van der Waals surface area contributed by atoms with E-state index in [1.807, 2.05) is 19.2 Å². The van der Waals surface area contributed by atoms with Gasteiger partial charge < -0.3 is 4.57 Å². The van der Waals surface area contributed by atoms with E-state index in [-0.39, 0.29) is 5.56 Å². The lowest BCUT2D eigenvalue weighted by atomic mass is 10.1. The summed E-state index contributed by atoms with van der Waals surface area (Å²) in [5.74, 6) is 0.537. The fourth-order valence-electron chi connectivity index (χ4n) is 1.32. The number of rotatable bonds is 4. The van der Waals surface area contributed by atoms with Crippen LogP contribution in [0, 0.1) is 12.8 Å². The molecule has 0 aromatic carbocycles. The van der Waals surface area contributed by atoms with Crippen LogP contribution in [0.2, 0.25) is 0 Å². The first kappa shape index (κ1) is 11.5. The Morgan fingerprint density at radius 2 is 2.29 bits per heavy atom. The monoisotopic (exact) mass is 257 g/mol. The molecule has 78 valence electrons. The third-order valence-corrected chi connectivity index (χ3v) is 3.32. The first-order valence-electron chi connectivity index (χ1n) is 4.90. The minimum Gasteiger partial charge on any atom is -0.315 e. The maximum absolute atomic E-state index is 11.6. The van der Waals surface area contributed by atoms with Gasteiger partial charge >= 0.3 is 0 Å². The number of hydrogen-bond donors (Lipinski definition) is 0. The molecular weight excluding hydrogens is 242 g/mol. The molecule has 0 fully saturated rings. The summed E-state index contributed by atoms with van der Waals surface area (Å²) < 4.78 is 1.78. The normalized spacial score (nSPS) is 12.8. The Morgan fingerprint density at radius 3 is 2.79 bits per heavy atom. The van der Waals surface area contributed by atoms with Gasteiger partial charge in [-0.15, -0.1) is 0 Å². The van der Waals surface area contributed by atoms with Crippen LogP contribution in [0.1, 0.15) is 18.9 Å². The van der Waals surface area contributed by atoms with Crippen molar-refractivity contribution >= 4 is 15.9 Å². The molecule has 3 heteroatoms. The highest BCUT2D eigenvalue weighted by molar-refractivity contribution is 9.09. The van der Waals surface area contributed by atoms with Crippen molar-refractivity contribution in [3.8, 4) is 0 Å². The molecule has 0 saturated heterocycles. The molecule has 0 amide bonds. The summed E-state index contributed by atoms with van der Waals surface area (Å²) in [5, 5.41) is 0.948. The van der Waals surface area contributed by atoms with Gasteiger partial charge in [0.05, 0.1) is 0 Å². The SMILES string of the molecule is CCC(CBr)Cn1ccc(C)cc1=O. The zero-order valence-electron chi connectivity index (χ0n) is 8.66. The van der Waals surface area contributed by atoms with Gasteiger partial charge in [-0.1, -0.05) is 29.3 Å². The smallest absolute Gasteiger partial charge is 0.250 e. The quantitative estimate of drug-likeness (QED) is 0.761. The Kier molecular flexibility index (Phi) is 4.39. The van der Waals surface area contributed by atoms with Gasteiger partial charge in [-0.05, 0) is 24.5 Å². The van der Waals surface area contributed by atoms with E-state index in [4.69, 9.17) is 0 Å². The fraction of sp³-hybridized carbons (Fsp3) is 0.545. The Hall–Kier alpha value is -0.570. The molecule has 0 radical (unpaired) electrons. The third kappa shape index (κ3) is 2.98. The van der Waals surface area contributed by atoms with Gasteiger partial charge in [0, 0.05) is 24.1 Å². The molecule has 1 unspecified atom stereocenters. The molecule has 0 aliphatic carbocycles. The molecule has 0 N–H and O–H groups in total. The van der Waals surface area contributed by atoms with Crippen molar-refractivity contribution in [3.05, 3.63) is 34.2 Å². The van der Waals surface area contributed by atoms with Crippen molar-refractivity contribution in [1.29, 1.82) is 0 Å². The second-order valence-electron chi connectivity index (χ2n) is 3.62. The van der Waals surface area contributed by atoms with Crippen molar-refractivity contribution in [2.75, 3.05) is 5.33 Å². The van der Waals surface area contributed by atoms with Crippen molar-refractivity contribution < 1.29 is 0 Å². The summed E-state index contributed by atoms with van der Waals surface area (Å²) in [6.07, 6.45) is 2.97. The number of halogens is 1. The zero-order valence-corrected chi connectivity index (χ0v) is 10.3. The third-order valence-electron chi connectivity index (χ3n) is 2.40. The van der Waals surface area contributed by atoms with Gasteiger partial charge in [-0.2, -0.15) is 0 Å². The maximum atomic E-state index is 11.6. The van der Waals surface area contributed by atoms with E-state index < -0.39 is 0 Å². The minimum absolute atomic E-state index is 0.101. The van der Waals surface area contributed by atoms with Crippen LogP contribution < -0.4 is 5.56 Å². The number of alkyl halides is 1. The largest absolute Gasteiger partial charge is 0.315 e. The standard InChI is InChI=1S/C11H16BrNO/c1-3-10(7-12)8-13-5-4-9(2)6-11(13)14/h4-6,10H,3,7-8H2,1-2H3. The molecule has 14 heavy (non-hydrogen) atoms. The number of aromatic nitrogens is 1. The van der Waals surface area contributed by atoms with E-state index in [1.165, 1.54) is 0 Å². The topological polar surface area (TPSA) is 22.0 Å². The predicted octanol–water partition coefficient (Wildman–Crippen LogP) is 2.58. The molecule has 1 aromatic rings. The summed E-state index contributed by atoms with van der Waals surface area (Å²) in [6.45, 7) is 4.89. The molecule has 1 rings (SSSR count). The Balaban J connectivity index is 2.81. The summed E-state index contributed by atoms with van der Waals surface area (Å²) in [7, 11) is 0. The second kappa shape index (κ2) is 5.35. The van der Waals surface area contributed by atoms with Crippen LogP contribution >= 0.6 is 15.9 Å². The highest BCUT2D eigenvalue weighted by atomic mass is 79.9. The molecule has 0 bridgehead atoms. The average Bonchev–Trinajstić information content (AvgIpc) is 2.17. The van der Waals surface area contributed by atoms with Gasteiger partial charge in [-0.25, -0.2) is 0 Å². The van der Waals surface area contributed by atoms with Gasteiger partial charge in [0.2, 0.25) is 0 Å². The summed E-state index contributed by atoms with van der Waals surface area (Å²) in [6, 6.07) is 3.66. The molecular formula is C11H16BrNO. The summed E-state index contributed by atoms with van der Waals surface area (Å²) in [4.78, 5) is 11.6. The fourth-order valence-corrected chi connectivity index (χ4v) is 1.99. The summed E-state index contributed by atoms with van der Waals surface area (Å²) >= 11 is 3.46. The van der Waals surface area contributed by atoms with Gasteiger partial charge in [0.25, 0.3) is 5.56 Å². The van der Waals surface area contributed by atoms with Crippen LogP contribution in [-0.4, -0.2) is 9.90 Å². The minimum atomic E-state index is 0.101. The summed E-state index contributed by atoms with van der Waals surface area (Å²) in [5.41, 5.74) is 1.13. The van der Waals surface area contributed by atoms with Crippen LogP contribution in [0.3, 0.4) is 0 Å². The van der Waals surface area contributed by atoms with E-state index in [9.17, 15) is 4.79 Å². The van der Waals surface area contributed by atoms with Crippen molar-refractivity contribution in [2.24, 2.45) is 5.92 Å². The first-order valence-corrected chi connectivity index (χ1v) is 6.02. The predicted molar refractivity (Wildman–Crippen MR) is 63.0 cm³/mol. The molecule has 0 aliphatic rings. The van der Waals surface area contributed by atoms with Crippen molar-refractivity contribution in [1.82, 2.24) is 4.57 Å². The van der Waals surface area contributed by atoms with E-state index in [0.717, 1.165) is 23.9 Å². The van der Waals surface area contributed by atoms with Crippen LogP contribution in [0.5, 0.6) is 0 Å². The van der Waals surface area contributed by atoms with Crippen LogP contribution in [0.25, 0.3) is 0 Å². The molecule has 1 aromatic heterocycles. The first-order chi connectivity index (χ1) is 6.67. The second-order valence-corrected chi connectivity index (χ2v) is 4.27. The van der Waals surface area contributed by atoms with Crippen LogP contribution in [0.4, 0.5) is 0 Å². The maximum Gasteiger partial charge on any atom is 0.250 e. The lowest BCUT2D eigenvalue weighted by molar-refractivity contribution is 0.469. The molecule has 1 heterocycles. The van der Waals surface area contributed by atoms with Gasteiger partial charge in [-0.3, -0.25) is 4.79 Å². The Morgan fingerprint density at radius 1 is 1.57 bits per heavy atom. The van der Waals surface area contributed by atoms with Gasteiger partial charge in [0.1, 0.15) is 0 Å². The van der Waals surface area contributed by atoms with Crippen LogP contribution in [0.15, 0.2) is 23.1 Å². The average molecular weight is 258 g/mol. The van der Waals surface area contributed by atoms with Gasteiger partial charge in [0.15, 0.2) is 0 Å². The molecule has 0 aliphatic heterocycles. The van der Waals surface area contributed by atoms with E-state index >= 15 is 0 Å². The zero-order chi connectivity index (χ0) is 10.6. The molecule has 2 nitrogen and oxygen atoms in total.